The summed E-state index contributed by atoms with van der Waals surface area (Å²) in [6.07, 6.45) is 3.09. The number of carbonyl (C=O) groups excluding carboxylic acids is 2. The summed E-state index contributed by atoms with van der Waals surface area (Å²) in [5, 5.41) is 7.43. The van der Waals surface area contributed by atoms with Crippen LogP contribution in [0.15, 0.2) is 59.8 Å². The zero-order valence-corrected chi connectivity index (χ0v) is 18.7. The molecule has 2 fully saturated rings. The van der Waals surface area contributed by atoms with E-state index in [-0.39, 0.29) is 16.7 Å². The third-order valence-corrected chi connectivity index (χ3v) is 8.04. The molecule has 1 N–H and O–H groups in total. The van der Waals surface area contributed by atoms with Crippen LogP contribution in [-0.2, 0) is 16.1 Å². The average Bonchev–Trinajstić information content (AvgIpc) is 3.09. The van der Waals surface area contributed by atoms with Crippen molar-refractivity contribution in [2.75, 3.05) is 5.32 Å². The first kappa shape index (κ1) is 21.3. The molecular formula is C26H30N2O3. The highest BCUT2D eigenvalue weighted by atomic mass is 16.7. The monoisotopic (exact) mass is 418 g/mol. The van der Waals surface area contributed by atoms with E-state index in [0.29, 0.717) is 12.0 Å². The Kier molecular flexibility index (Phi) is 5.24. The van der Waals surface area contributed by atoms with Crippen LogP contribution in [0, 0.1) is 16.2 Å². The van der Waals surface area contributed by atoms with E-state index in [1.165, 1.54) is 5.56 Å². The number of carbonyl (C=O) groups is 2. The van der Waals surface area contributed by atoms with Crippen LogP contribution in [-0.4, -0.2) is 17.6 Å². The predicted molar refractivity (Wildman–Crippen MR) is 122 cm³/mol. The lowest BCUT2D eigenvalue weighted by atomic mass is 9.64. The molecule has 2 aliphatic carbocycles. The van der Waals surface area contributed by atoms with E-state index in [2.05, 4.69) is 38.2 Å². The number of rotatable bonds is 5. The van der Waals surface area contributed by atoms with Crippen molar-refractivity contribution >= 4 is 23.3 Å². The van der Waals surface area contributed by atoms with Crippen molar-refractivity contribution in [2.24, 2.45) is 21.4 Å². The number of nitrogens with one attached hydrogen (secondary N) is 1. The second-order valence-corrected chi connectivity index (χ2v) is 9.50. The molecule has 0 radical (unpaired) electrons. The van der Waals surface area contributed by atoms with Crippen molar-refractivity contribution in [1.82, 2.24) is 0 Å². The van der Waals surface area contributed by atoms with E-state index in [9.17, 15) is 9.59 Å². The molecule has 2 saturated carbocycles. The van der Waals surface area contributed by atoms with Gasteiger partial charge >= 0.3 is 5.97 Å². The molecule has 4 rings (SSSR count). The highest BCUT2D eigenvalue weighted by Crippen LogP contribution is 2.71. The number of nitrogens with zero attached hydrogens (tertiary/aromatic N) is 1. The van der Waals surface area contributed by atoms with Crippen LogP contribution in [0.3, 0.4) is 0 Å². The average molecular weight is 419 g/mol. The van der Waals surface area contributed by atoms with Gasteiger partial charge in [0.05, 0.1) is 16.7 Å². The topological polar surface area (TPSA) is 67.8 Å². The maximum atomic E-state index is 13.5. The number of hydrogen-bond acceptors (Lipinski definition) is 4. The van der Waals surface area contributed by atoms with Gasteiger partial charge in [0.1, 0.15) is 0 Å². The zero-order chi connectivity index (χ0) is 22.3. The fourth-order valence-electron chi connectivity index (χ4n) is 5.32. The SMILES string of the molecule is CCc1ccc(NC(=O)C23CCC(C)(/C(=N\OC(=O)c4ccccc4)C2)C3(C)C)cc1. The first-order valence-corrected chi connectivity index (χ1v) is 11.0. The molecule has 0 heterocycles. The van der Waals surface area contributed by atoms with Crippen LogP contribution < -0.4 is 5.32 Å². The van der Waals surface area contributed by atoms with E-state index < -0.39 is 11.4 Å². The van der Waals surface area contributed by atoms with Crippen LogP contribution in [0.4, 0.5) is 5.69 Å². The van der Waals surface area contributed by atoms with Crippen molar-refractivity contribution in [3.8, 4) is 0 Å². The first-order valence-electron chi connectivity index (χ1n) is 11.0. The van der Waals surface area contributed by atoms with Gasteiger partial charge in [-0.05, 0) is 54.5 Å². The maximum absolute atomic E-state index is 13.5. The van der Waals surface area contributed by atoms with Crippen molar-refractivity contribution in [1.29, 1.82) is 0 Å². The van der Waals surface area contributed by atoms with Crippen molar-refractivity contribution < 1.29 is 14.4 Å². The van der Waals surface area contributed by atoms with Gasteiger partial charge in [-0.3, -0.25) is 4.79 Å². The quantitative estimate of drug-likeness (QED) is 0.506. The minimum absolute atomic E-state index is 0.0186. The van der Waals surface area contributed by atoms with Gasteiger partial charge in [-0.1, -0.05) is 63.2 Å². The molecular weight excluding hydrogens is 388 g/mol. The molecule has 5 heteroatoms. The van der Waals surface area contributed by atoms with Gasteiger partial charge in [-0.15, -0.1) is 0 Å². The lowest BCUT2D eigenvalue weighted by Crippen LogP contribution is -2.43. The van der Waals surface area contributed by atoms with Gasteiger partial charge in [-0.2, -0.15) is 0 Å². The molecule has 0 aromatic heterocycles. The summed E-state index contributed by atoms with van der Waals surface area (Å²) in [5.41, 5.74) is 2.11. The number of fused-ring (bicyclic) bond motifs is 2. The number of anilines is 1. The Bertz CT molecular complexity index is 1030. The lowest BCUT2D eigenvalue weighted by Gasteiger charge is -2.39. The molecule has 1 amide bonds. The first-order chi connectivity index (χ1) is 14.7. The summed E-state index contributed by atoms with van der Waals surface area (Å²) >= 11 is 0. The van der Waals surface area contributed by atoms with Crippen LogP contribution in [0.25, 0.3) is 0 Å². The van der Waals surface area contributed by atoms with E-state index in [1.807, 2.05) is 30.3 Å². The Morgan fingerprint density at radius 3 is 2.32 bits per heavy atom. The van der Waals surface area contributed by atoms with Gasteiger partial charge in [0, 0.05) is 17.5 Å². The fraction of sp³-hybridized carbons (Fsp3) is 0.423. The number of oxime groups is 1. The Hall–Kier alpha value is -2.95. The second-order valence-electron chi connectivity index (χ2n) is 9.50. The molecule has 0 spiro atoms. The minimum atomic E-state index is -0.580. The molecule has 2 aromatic carbocycles. The number of hydrogen-bond donors (Lipinski definition) is 1. The van der Waals surface area contributed by atoms with Crippen LogP contribution in [0.1, 0.15) is 62.9 Å². The van der Waals surface area contributed by atoms with E-state index in [4.69, 9.17) is 4.84 Å². The van der Waals surface area contributed by atoms with Gasteiger partial charge in [0.2, 0.25) is 5.91 Å². The van der Waals surface area contributed by atoms with E-state index in [1.54, 1.807) is 24.3 Å². The molecule has 162 valence electrons. The third-order valence-electron chi connectivity index (χ3n) is 8.04. The lowest BCUT2D eigenvalue weighted by molar-refractivity contribution is -0.130. The molecule has 0 saturated heterocycles. The van der Waals surface area contributed by atoms with E-state index >= 15 is 0 Å². The largest absolute Gasteiger partial charge is 0.365 e. The Morgan fingerprint density at radius 1 is 1.00 bits per heavy atom. The van der Waals surface area contributed by atoms with Gasteiger partial charge in [0.15, 0.2) is 0 Å². The Morgan fingerprint density at radius 2 is 1.68 bits per heavy atom. The number of amides is 1. The zero-order valence-electron chi connectivity index (χ0n) is 18.7. The predicted octanol–water partition coefficient (Wildman–Crippen LogP) is 5.62. The smallest absolute Gasteiger partial charge is 0.326 e. The third kappa shape index (κ3) is 3.27. The normalized spacial score (nSPS) is 27.3. The summed E-state index contributed by atoms with van der Waals surface area (Å²) in [7, 11) is 0. The molecule has 2 atom stereocenters. The number of benzene rings is 2. The van der Waals surface area contributed by atoms with Crippen molar-refractivity contribution in [2.45, 2.75) is 53.4 Å². The standard InChI is InChI=1S/C26H30N2O3/c1-5-18-11-13-20(14-12-18)27-23(30)26-16-15-25(4,24(26,2)3)21(17-26)28-31-22(29)19-9-7-6-8-10-19/h6-14H,5,15-17H2,1-4H3,(H,27,30)/b28-21-. The van der Waals surface area contributed by atoms with Crippen LogP contribution in [0.2, 0.25) is 0 Å². The molecule has 2 aliphatic rings. The molecule has 2 bridgehead atoms. The summed E-state index contributed by atoms with van der Waals surface area (Å²) < 4.78 is 0. The fourth-order valence-corrected chi connectivity index (χ4v) is 5.32. The highest BCUT2D eigenvalue weighted by Gasteiger charge is 2.71. The highest BCUT2D eigenvalue weighted by molar-refractivity contribution is 6.06. The summed E-state index contributed by atoms with van der Waals surface area (Å²) in [4.78, 5) is 31.2. The van der Waals surface area contributed by atoms with Gasteiger partial charge in [0.25, 0.3) is 0 Å². The molecule has 2 unspecified atom stereocenters. The minimum Gasteiger partial charge on any atom is -0.326 e. The van der Waals surface area contributed by atoms with Gasteiger partial charge in [-0.25, -0.2) is 4.79 Å². The van der Waals surface area contributed by atoms with Crippen LogP contribution in [0.5, 0.6) is 0 Å². The Labute approximate surface area is 183 Å². The molecule has 2 aromatic rings. The van der Waals surface area contributed by atoms with E-state index in [0.717, 1.165) is 30.7 Å². The molecule has 31 heavy (non-hydrogen) atoms. The second kappa shape index (κ2) is 7.63. The number of aryl methyl sites for hydroxylation is 1. The molecule has 0 aliphatic heterocycles. The van der Waals surface area contributed by atoms with Crippen molar-refractivity contribution in [3.63, 3.8) is 0 Å². The molecule has 5 nitrogen and oxygen atoms in total. The maximum Gasteiger partial charge on any atom is 0.365 e. The van der Waals surface area contributed by atoms with Crippen molar-refractivity contribution in [3.05, 3.63) is 65.7 Å². The summed E-state index contributed by atoms with van der Waals surface area (Å²) in [6, 6.07) is 16.8. The summed E-state index contributed by atoms with van der Waals surface area (Å²) in [6.45, 7) is 8.53. The summed E-state index contributed by atoms with van der Waals surface area (Å²) in [5.74, 6) is -0.461. The van der Waals surface area contributed by atoms with Gasteiger partial charge < -0.3 is 10.2 Å². The van der Waals surface area contributed by atoms with Crippen LogP contribution >= 0.6 is 0 Å². The Balaban J connectivity index is 1.57.